The fourth-order valence-electron chi connectivity index (χ4n) is 4.19. The molecule has 1 amide bonds. The van der Waals surface area contributed by atoms with Crippen LogP contribution in [0.2, 0.25) is 5.02 Å². The molecule has 1 N–H and O–H groups in total. The molecule has 0 radical (unpaired) electrons. The van der Waals surface area contributed by atoms with Crippen LogP contribution >= 0.6 is 22.9 Å². The number of thiophene rings is 1. The van der Waals surface area contributed by atoms with Crippen LogP contribution in [0.25, 0.3) is 17.4 Å². The number of fused-ring (bicyclic) bond motifs is 1. The number of carbonyl (C=O) groups is 1. The molecule has 33 heavy (non-hydrogen) atoms. The summed E-state index contributed by atoms with van der Waals surface area (Å²) in [6.07, 6.45) is 5.98. The van der Waals surface area contributed by atoms with Crippen molar-refractivity contribution in [3.05, 3.63) is 68.8 Å². The maximum absolute atomic E-state index is 12.6. The molecular weight excluding hydrogens is 452 g/mol. The highest BCUT2D eigenvalue weighted by Crippen LogP contribution is 2.44. The molecule has 1 aliphatic rings. The Labute approximate surface area is 203 Å². The maximum Gasteiger partial charge on any atom is 0.249 e. The molecule has 3 aromatic rings. The summed E-state index contributed by atoms with van der Waals surface area (Å²) in [5, 5.41) is 13.9. The number of hydrogen-bond donors (Lipinski definition) is 1. The van der Waals surface area contributed by atoms with Gasteiger partial charge in [0.2, 0.25) is 5.91 Å². The lowest BCUT2D eigenvalue weighted by atomic mass is 9.72. The minimum atomic E-state index is -0.284. The summed E-state index contributed by atoms with van der Waals surface area (Å²) in [6.45, 7) is 8.75. The summed E-state index contributed by atoms with van der Waals surface area (Å²) >= 11 is 7.75. The van der Waals surface area contributed by atoms with Crippen LogP contribution in [0.1, 0.15) is 54.5 Å². The van der Waals surface area contributed by atoms with Crippen molar-refractivity contribution in [3.63, 3.8) is 0 Å². The lowest BCUT2D eigenvalue weighted by Gasteiger charge is -2.33. The summed E-state index contributed by atoms with van der Waals surface area (Å²) in [6, 6.07) is 11.7. The third-order valence-corrected chi connectivity index (χ3v) is 7.90. The highest BCUT2D eigenvalue weighted by atomic mass is 35.5. The van der Waals surface area contributed by atoms with Crippen LogP contribution in [0.5, 0.6) is 0 Å². The molecule has 0 spiro atoms. The standard InChI is InChI=1S/C27H27ClN2O2S/c1-16-5-6-17(13-22(16)28)23-11-8-19(32-23)9-12-25(31)30-26-21(15-29)20-10-7-18(27(2,3)4)14-24(20)33-26/h5-6,8-9,11-13,18H,7,10,14H2,1-4H3,(H,30,31)/b12-9+/t18-/m0/s1. The van der Waals surface area contributed by atoms with Crippen molar-refractivity contribution in [2.45, 2.75) is 47.0 Å². The monoisotopic (exact) mass is 478 g/mol. The second-order valence-electron chi connectivity index (χ2n) is 9.61. The van der Waals surface area contributed by atoms with Gasteiger partial charge in [0.1, 0.15) is 22.6 Å². The van der Waals surface area contributed by atoms with Crippen molar-refractivity contribution >= 4 is 39.9 Å². The van der Waals surface area contributed by atoms with Crippen molar-refractivity contribution in [1.29, 1.82) is 5.26 Å². The van der Waals surface area contributed by atoms with Gasteiger partial charge in [-0.3, -0.25) is 4.79 Å². The number of rotatable bonds is 4. The third kappa shape index (κ3) is 5.08. The molecule has 1 aromatic carbocycles. The van der Waals surface area contributed by atoms with Gasteiger partial charge < -0.3 is 9.73 Å². The van der Waals surface area contributed by atoms with Crippen LogP contribution in [0.4, 0.5) is 5.00 Å². The van der Waals surface area contributed by atoms with Gasteiger partial charge in [-0.05, 0) is 72.9 Å². The Morgan fingerprint density at radius 1 is 1.30 bits per heavy atom. The van der Waals surface area contributed by atoms with Crippen LogP contribution in [0.15, 0.2) is 40.8 Å². The predicted molar refractivity (Wildman–Crippen MR) is 136 cm³/mol. The molecule has 0 bridgehead atoms. The molecule has 0 fully saturated rings. The molecular formula is C27H27ClN2O2S. The second-order valence-corrected chi connectivity index (χ2v) is 11.1. The minimum absolute atomic E-state index is 0.229. The fraction of sp³-hybridized carbons (Fsp3) is 0.333. The van der Waals surface area contributed by atoms with Crippen LogP contribution in [0, 0.1) is 29.6 Å². The molecule has 6 heteroatoms. The minimum Gasteiger partial charge on any atom is -0.457 e. The van der Waals surface area contributed by atoms with E-state index in [1.165, 1.54) is 22.3 Å². The van der Waals surface area contributed by atoms with Gasteiger partial charge in [0.05, 0.1) is 5.56 Å². The van der Waals surface area contributed by atoms with Gasteiger partial charge in [-0.1, -0.05) is 44.5 Å². The van der Waals surface area contributed by atoms with E-state index in [-0.39, 0.29) is 11.3 Å². The van der Waals surface area contributed by atoms with E-state index in [4.69, 9.17) is 16.0 Å². The van der Waals surface area contributed by atoms with E-state index in [1.807, 2.05) is 37.3 Å². The highest BCUT2D eigenvalue weighted by Gasteiger charge is 2.32. The lowest BCUT2D eigenvalue weighted by molar-refractivity contribution is -0.111. The normalized spacial score (nSPS) is 15.9. The zero-order chi connectivity index (χ0) is 23.8. The first-order valence-corrected chi connectivity index (χ1v) is 12.2. The topological polar surface area (TPSA) is 66.0 Å². The van der Waals surface area contributed by atoms with Crippen molar-refractivity contribution in [1.82, 2.24) is 0 Å². The maximum atomic E-state index is 12.6. The predicted octanol–water partition coefficient (Wildman–Crippen LogP) is 7.64. The molecule has 0 aliphatic heterocycles. The van der Waals surface area contributed by atoms with Crippen LogP contribution in [-0.4, -0.2) is 5.91 Å². The summed E-state index contributed by atoms with van der Waals surface area (Å²) in [7, 11) is 0. The quantitative estimate of drug-likeness (QED) is 0.391. The van der Waals surface area contributed by atoms with Gasteiger partial charge >= 0.3 is 0 Å². The van der Waals surface area contributed by atoms with E-state index in [9.17, 15) is 10.1 Å². The SMILES string of the molecule is Cc1ccc(-c2ccc(/C=C/C(=O)Nc3sc4c(c3C#N)CC[C@H](C(C)(C)C)C4)o2)cc1Cl. The molecule has 4 rings (SSSR count). The summed E-state index contributed by atoms with van der Waals surface area (Å²) in [5.74, 6) is 1.54. The number of carbonyl (C=O) groups excluding carboxylic acids is 1. The first kappa shape index (κ1) is 23.4. The Hall–Kier alpha value is -2.81. The van der Waals surface area contributed by atoms with Crippen LogP contribution in [-0.2, 0) is 17.6 Å². The third-order valence-electron chi connectivity index (χ3n) is 6.32. The number of benzene rings is 1. The number of furan rings is 1. The lowest BCUT2D eigenvalue weighted by Crippen LogP contribution is -2.26. The fourth-order valence-corrected chi connectivity index (χ4v) is 5.65. The summed E-state index contributed by atoms with van der Waals surface area (Å²) in [5.41, 5.74) is 3.83. The second kappa shape index (κ2) is 9.21. The van der Waals surface area contributed by atoms with Crippen molar-refractivity contribution in [3.8, 4) is 17.4 Å². The van der Waals surface area contributed by atoms with E-state index in [0.29, 0.717) is 33.0 Å². The molecule has 1 atom stereocenters. The Kier molecular flexibility index (Phi) is 6.52. The highest BCUT2D eigenvalue weighted by molar-refractivity contribution is 7.16. The Morgan fingerprint density at radius 2 is 2.09 bits per heavy atom. The molecule has 2 aromatic heterocycles. The number of nitrogens with one attached hydrogen (secondary N) is 1. The van der Waals surface area contributed by atoms with Gasteiger partial charge in [-0.15, -0.1) is 11.3 Å². The number of anilines is 1. The summed E-state index contributed by atoms with van der Waals surface area (Å²) < 4.78 is 5.84. The number of hydrogen-bond acceptors (Lipinski definition) is 4. The zero-order valence-corrected chi connectivity index (χ0v) is 20.9. The number of aryl methyl sites for hydroxylation is 1. The number of halogens is 1. The van der Waals surface area contributed by atoms with Crippen molar-refractivity contribution in [2.75, 3.05) is 5.32 Å². The molecule has 170 valence electrons. The molecule has 0 saturated heterocycles. The molecule has 1 aliphatic carbocycles. The van der Waals surface area contributed by atoms with Gasteiger partial charge in [-0.2, -0.15) is 5.26 Å². The summed E-state index contributed by atoms with van der Waals surface area (Å²) in [4.78, 5) is 13.8. The average molecular weight is 479 g/mol. The zero-order valence-electron chi connectivity index (χ0n) is 19.3. The molecule has 0 saturated carbocycles. The van der Waals surface area contributed by atoms with E-state index in [1.54, 1.807) is 6.08 Å². The number of nitriles is 1. The Bertz CT molecular complexity index is 1270. The van der Waals surface area contributed by atoms with Gasteiger partial charge in [0, 0.05) is 21.5 Å². The largest absolute Gasteiger partial charge is 0.457 e. The van der Waals surface area contributed by atoms with Crippen molar-refractivity contribution < 1.29 is 9.21 Å². The Balaban J connectivity index is 1.46. The van der Waals surface area contributed by atoms with Crippen LogP contribution < -0.4 is 5.32 Å². The van der Waals surface area contributed by atoms with E-state index < -0.39 is 0 Å². The van der Waals surface area contributed by atoms with Crippen LogP contribution in [0.3, 0.4) is 0 Å². The number of amides is 1. The van der Waals surface area contributed by atoms with E-state index in [2.05, 4.69) is 32.2 Å². The first-order valence-electron chi connectivity index (χ1n) is 11.1. The molecule has 2 heterocycles. The van der Waals surface area contributed by atoms with Gasteiger partial charge in [0.15, 0.2) is 0 Å². The molecule has 4 nitrogen and oxygen atoms in total. The van der Waals surface area contributed by atoms with Gasteiger partial charge in [-0.25, -0.2) is 0 Å². The first-order chi connectivity index (χ1) is 15.7. The average Bonchev–Trinajstić information content (AvgIpc) is 3.37. The molecule has 0 unspecified atom stereocenters. The Morgan fingerprint density at radius 3 is 2.79 bits per heavy atom. The smallest absolute Gasteiger partial charge is 0.249 e. The van der Waals surface area contributed by atoms with E-state index >= 15 is 0 Å². The van der Waals surface area contributed by atoms with Crippen molar-refractivity contribution in [2.24, 2.45) is 11.3 Å². The number of nitrogens with zero attached hydrogens (tertiary/aromatic N) is 1. The van der Waals surface area contributed by atoms with Gasteiger partial charge in [0.25, 0.3) is 0 Å². The van der Waals surface area contributed by atoms with E-state index in [0.717, 1.165) is 36.0 Å².